The Hall–Kier alpha value is -1.86. The second-order valence-electron chi connectivity index (χ2n) is 4.57. The van der Waals surface area contributed by atoms with Crippen molar-refractivity contribution in [2.75, 3.05) is 0 Å². The van der Waals surface area contributed by atoms with E-state index in [-0.39, 0.29) is 6.04 Å². The van der Waals surface area contributed by atoms with Crippen LogP contribution in [-0.4, -0.2) is 0 Å². The highest BCUT2D eigenvalue weighted by atomic mass is 14.6. The van der Waals surface area contributed by atoms with Crippen LogP contribution in [0, 0.1) is 6.92 Å². The molecular weight excluding hydrogens is 218 g/mol. The van der Waals surface area contributed by atoms with Gasteiger partial charge < -0.3 is 5.73 Å². The van der Waals surface area contributed by atoms with E-state index in [2.05, 4.69) is 55.5 Å². The number of aryl methyl sites for hydroxylation is 1. The Balaban J connectivity index is 1.96. The predicted octanol–water partition coefficient (Wildman–Crippen LogP) is 4.10. The molecule has 1 atom stereocenters. The summed E-state index contributed by atoms with van der Waals surface area (Å²) >= 11 is 0. The highest BCUT2D eigenvalue weighted by Gasteiger charge is 2.01. The number of benzene rings is 2. The third-order valence-corrected chi connectivity index (χ3v) is 2.97. The van der Waals surface area contributed by atoms with E-state index in [1.165, 1.54) is 16.7 Å². The van der Waals surface area contributed by atoms with Crippen molar-refractivity contribution >= 4 is 6.08 Å². The Bertz CT molecular complexity index is 514. The largest absolute Gasteiger partial charge is 0.324 e. The Labute approximate surface area is 109 Å². The summed E-state index contributed by atoms with van der Waals surface area (Å²) in [5.41, 5.74) is 9.84. The van der Waals surface area contributed by atoms with Crippen LogP contribution in [-0.2, 0) is 0 Å². The first-order valence-electron chi connectivity index (χ1n) is 6.29. The Morgan fingerprint density at radius 2 is 1.83 bits per heavy atom. The molecule has 0 heterocycles. The lowest BCUT2D eigenvalue weighted by molar-refractivity contribution is 0.742. The van der Waals surface area contributed by atoms with Gasteiger partial charge in [-0.1, -0.05) is 72.3 Å². The summed E-state index contributed by atoms with van der Waals surface area (Å²) in [6.45, 7) is 2.10. The Morgan fingerprint density at radius 3 is 2.56 bits per heavy atom. The standard InChI is InChI=1S/C17H19N/c1-14-7-5-8-15(13-14)9-6-12-17(18)16-10-3-2-4-11-16/h2-11,13,17H,12,18H2,1H3/b9-6+/t17-/m0/s1. The fourth-order valence-corrected chi connectivity index (χ4v) is 1.96. The summed E-state index contributed by atoms with van der Waals surface area (Å²) < 4.78 is 0. The van der Waals surface area contributed by atoms with Gasteiger partial charge in [0.15, 0.2) is 0 Å². The van der Waals surface area contributed by atoms with E-state index in [4.69, 9.17) is 5.73 Å². The molecule has 2 rings (SSSR count). The molecule has 1 heteroatoms. The van der Waals surface area contributed by atoms with Crippen molar-refractivity contribution in [2.45, 2.75) is 19.4 Å². The van der Waals surface area contributed by atoms with E-state index < -0.39 is 0 Å². The smallest absolute Gasteiger partial charge is 0.0329 e. The monoisotopic (exact) mass is 237 g/mol. The molecule has 1 nitrogen and oxygen atoms in total. The van der Waals surface area contributed by atoms with E-state index in [9.17, 15) is 0 Å². The second kappa shape index (κ2) is 6.18. The molecule has 0 amide bonds. The molecule has 0 spiro atoms. The first-order chi connectivity index (χ1) is 8.75. The van der Waals surface area contributed by atoms with E-state index in [0.29, 0.717) is 0 Å². The van der Waals surface area contributed by atoms with Crippen molar-refractivity contribution in [1.82, 2.24) is 0 Å². The van der Waals surface area contributed by atoms with Crippen LogP contribution in [0.2, 0.25) is 0 Å². The van der Waals surface area contributed by atoms with Gasteiger partial charge in [-0.25, -0.2) is 0 Å². The number of nitrogens with two attached hydrogens (primary N) is 1. The number of rotatable bonds is 4. The fraction of sp³-hybridized carbons (Fsp3) is 0.176. The van der Waals surface area contributed by atoms with Crippen LogP contribution in [0.5, 0.6) is 0 Å². The van der Waals surface area contributed by atoms with Crippen molar-refractivity contribution in [3.05, 3.63) is 77.4 Å². The molecule has 0 aromatic heterocycles. The summed E-state index contributed by atoms with van der Waals surface area (Å²) in [5.74, 6) is 0. The molecule has 0 fully saturated rings. The van der Waals surface area contributed by atoms with Crippen molar-refractivity contribution < 1.29 is 0 Å². The zero-order valence-electron chi connectivity index (χ0n) is 10.7. The lowest BCUT2D eigenvalue weighted by Gasteiger charge is -2.08. The molecular formula is C17H19N. The molecule has 2 aromatic rings. The van der Waals surface area contributed by atoms with E-state index in [0.717, 1.165) is 6.42 Å². The van der Waals surface area contributed by atoms with Crippen LogP contribution in [0.4, 0.5) is 0 Å². The molecule has 0 saturated carbocycles. The maximum Gasteiger partial charge on any atom is 0.0329 e. The number of hydrogen-bond donors (Lipinski definition) is 1. The maximum atomic E-state index is 6.14. The van der Waals surface area contributed by atoms with E-state index >= 15 is 0 Å². The van der Waals surface area contributed by atoms with Crippen LogP contribution in [0.25, 0.3) is 6.08 Å². The van der Waals surface area contributed by atoms with Crippen LogP contribution in [0.3, 0.4) is 0 Å². The highest BCUT2D eigenvalue weighted by Crippen LogP contribution is 2.15. The van der Waals surface area contributed by atoms with Gasteiger partial charge in [-0.15, -0.1) is 0 Å². The van der Waals surface area contributed by atoms with Gasteiger partial charge in [0.1, 0.15) is 0 Å². The SMILES string of the molecule is Cc1cccc(/C=C/C[C@H](N)c2ccccc2)c1. The van der Waals surface area contributed by atoms with Gasteiger partial charge in [0, 0.05) is 6.04 Å². The number of hydrogen-bond acceptors (Lipinski definition) is 1. The van der Waals surface area contributed by atoms with Crippen molar-refractivity contribution in [3.63, 3.8) is 0 Å². The molecule has 0 radical (unpaired) electrons. The summed E-state index contributed by atoms with van der Waals surface area (Å²) in [5, 5.41) is 0. The second-order valence-corrected chi connectivity index (χ2v) is 4.57. The molecule has 2 aromatic carbocycles. The lowest BCUT2D eigenvalue weighted by atomic mass is 10.0. The first kappa shape index (κ1) is 12.6. The molecule has 0 saturated heterocycles. The maximum absolute atomic E-state index is 6.14. The third-order valence-electron chi connectivity index (χ3n) is 2.97. The summed E-state index contributed by atoms with van der Waals surface area (Å²) in [6.07, 6.45) is 5.14. The topological polar surface area (TPSA) is 26.0 Å². The van der Waals surface area contributed by atoms with Crippen molar-refractivity contribution in [2.24, 2.45) is 5.73 Å². The van der Waals surface area contributed by atoms with Gasteiger partial charge in [0.05, 0.1) is 0 Å². The molecule has 0 bridgehead atoms. The molecule has 0 aliphatic heterocycles. The third kappa shape index (κ3) is 3.57. The van der Waals surface area contributed by atoms with Crippen LogP contribution in [0.15, 0.2) is 60.7 Å². The van der Waals surface area contributed by atoms with E-state index in [1.54, 1.807) is 0 Å². The average Bonchev–Trinajstić information content (AvgIpc) is 2.40. The lowest BCUT2D eigenvalue weighted by Crippen LogP contribution is -2.08. The first-order valence-corrected chi connectivity index (χ1v) is 6.29. The van der Waals surface area contributed by atoms with Crippen LogP contribution in [0.1, 0.15) is 29.2 Å². The van der Waals surface area contributed by atoms with Gasteiger partial charge in [0.25, 0.3) is 0 Å². The quantitative estimate of drug-likeness (QED) is 0.851. The Morgan fingerprint density at radius 1 is 1.06 bits per heavy atom. The van der Waals surface area contributed by atoms with Crippen LogP contribution >= 0.6 is 0 Å². The molecule has 2 N–H and O–H groups in total. The average molecular weight is 237 g/mol. The summed E-state index contributed by atoms with van der Waals surface area (Å²) in [4.78, 5) is 0. The minimum absolute atomic E-state index is 0.0762. The molecule has 92 valence electrons. The fourth-order valence-electron chi connectivity index (χ4n) is 1.96. The summed E-state index contributed by atoms with van der Waals surface area (Å²) in [7, 11) is 0. The Kier molecular flexibility index (Phi) is 4.32. The van der Waals surface area contributed by atoms with Crippen molar-refractivity contribution in [1.29, 1.82) is 0 Å². The highest BCUT2D eigenvalue weighted by molar-refractivity contribution is 5.50. The van der Waals surface area contributed by atoms with Gasteiger partial charge in [-0.3, -0.25) is 0 Å². The van der Waals surface area contributed by atoms with Gasteiger partial charge in [-0.2, -0.15) is 0 Å². The molecule has 18 heavy (non-hydrogen) atoms. The minimum Gasteiger partial charge on any atom is -0.324 e. The summed E-state index contributed by atoms with van der Waals surface area (Å²) in [6, 6.07) is 18.8. The molecule has 0 aliphatic carbocycles. The molecule has 0 aliphatic rings. The minimum atomic E-state index is 0.0762. The van der Waals surface area contributed by atoms with Crippen molar-refractivity contribution in [3.8, 4) is 0 Å². The zero-order valence-corrected chi connectivity index (χ0v) is 10.7. The normalized spacial score (nSPS) is 12.8. The van der Waals surface area contributed by atoms with Gasteiger partial charge in [-0.05, 0) is 24.5 Å². The van der Waals surface area contributed by atoms with Gasteiger partial charge >= 0.3 is 0 Å². The van der Waals surface area contributed by atoms with E-state index in [1.807, 2.05) is 18.2 Å². The van der Waals surface area contributed by atoms with Gasteiger partial charge in [0.2, 0.25) is 0 Å². The predicted molar refractivity (Wildman–Crippen MR) is 78.2 cm³/mol. The molecule has 0 unspecified atom stereocenters. The zero-order chi connectivity index (χ0) is 12.8. The van der Waals surface area contributed by atoms with Crippen LogP contribution < -0.4 is 5.73 Å².